The SMILES string of the molecule is Cc1ccccc1NC(=O)Nc1ccc(CC(=O)N2CCC(C)(C)C2c2ncc(CCC(=O)O)o2)cc1. The van der Waals surface area contributed by atoms with Crippen LogP contribution in [0.4, 0.5) is 16.2 Å². The Hall–Kier alpha value is -4.14. The number of aliphatic carboxylic acids is 1. The number of oxazole rings is 1. The molecule has 0 radical (unpaired) electrons. The number of nitrogens with zero attached hydrogens (tertiary/aromatic N) is 2. The second-order valence-corrected chi connectivity index (χ2v) is 10.1. The molecule has 3 amide bonds. The summed E-state index contributed by atoms with van der Waals surface area (Å²) in [4.78, 5) is 42.7. The van der Waals surface area contributed by atoms with Crippen molar-refractivity contribution < 1.29 is 23.9 Å². The van der Waals surface area contributed by atoms with Crippen LogP contribution >= 0.6 is 0 Å². The summed E-state index contributed by atoms with van der Waals surface area (Å²) in [6.45, 7) is 6.67. The Balaban J connectivity index is 1.38. The van der Waals surface area contributed by atoms with Crippen LogP contribution in [0, 0.1) is 12.3 Å². The zero-order chi connectivity index (χ0) is 26.6. The third kappa shape index (κ3) is 6.35. The summed E-state index contributed by atoms with van der Waals surface area (Å²) in [5, 5.41) is 14.6. The van der Waals surface area contributed by atoms with Gasteiger partial charge in [0.2, 0.25) is 11.8 Å². The Labute approximate surface area is 215 Å². The predicted molar refractivity (Wildman–Crippen MR) is 139 cm³/mol. The minimum Gasteiger partial charge on any atom is -0.481 e. The monoisotopic (exact) mass is 504 g/mol. The van der Waals surface area contributed by atoms with E-state index >= 15 is 0 Å². The van der Waals surface area contributed by atoms with E-state index in [1.54, 1.807) is 23.2 Å². The number of rotatable bonds is 8. The first-order valence-electron chi connectivity index (χ1n) is 12.3. The van der Waals surface area contributed by atoms with Gasteiger partial charge >= 0.3 is 12.0 Å². The van der Waals surface area contributed by atoms with Crippen LogP contribution in [0.15, 0.2) is 59.1 Å². The van der Waals surface area contributed by atoms with E-state index in [0.717, 1.165) is 23.2 Å². The molecule has 1 unspecified atom stereocenters. The molecule has 1 aliphatic heterocycles. The molecule has 1 saturated heterocycles. The van der Waals surface area contributed by atoms with Gasteiger partial charge in [0.25, 0.3) is 0 Å². The number of nitrogens with one attached hydrogen (secondary N) is 2. The lowest BCUT2D eigenvalue weighted by molar-refractivity contribution is -0.137. The van der Waals surface area contributed by atoms with Gasteiger partial charge in [0.1, 0.15) is 11.8 Å². The van der Waals surface area contributed by atoms with Crippen LogP contribution in [0.25, 0.3) is 0 Å². The average Bonchev–Trinajstić information content (AvgIpc) is 3.43. The number of carbonyl (C=O) groups excluding carboxylic acids is 2. The molecule has 2 aromatic carbocycles. The fraction of sp³-hybridized carbons (Fsp3) is 0.357. The van der Waals surface area contributed by atoms with Crippen LogP contribution < -0.4 is 10.6 Å². The number of urea groups is 1. The molecule has 3 aromatic rings. The minimum atomic E-state index is -0.899. The highest BCUT2D eigenvalue weighted by molar-refractivity contribution is 6.00. The molecule has 9 nitrogen and oxygen atoms in total. The Morgan fingerprint density at radius 1 is 1.11 bits per heavy atom. The molecule has 1 atom stereocenters. The summed E-state index contributed by atoms with van der Waals surface area (Å²) >= 11 is 0. The zero-order valence-corrected chi connectivity index (χ0v) is 21.3. The molecule has 0 saturated carbocycles. The topological polar surface area (TPSA) is 125 Å². The van der Waals surface area contributed by atoms with Crippen molar-refractivity contribution in [2.75, 3.05) is 17.2 Å². The number of likely N-dealkylation sites (tertiary alicyclic amines) is 1. The number of carbonyl (C=O) groups is 3. The first-order valence-corrected chi connectivity index (χ1v) is 12.3. The van der Waals surface area contributed by atoms with E-state index in [-0.39, 0.29) is 42.7 Å². The van der Waals surface area contributed by atoms with E-state index in [2.05, 4.69) is 29.5 Å². The maximum atomic E-state index is 13.3. The predicted octanol–water partition coefficient (Wildman–Crippen LogP) is 5.19. The second kappa shape index (κ2) is 10.9. The van der Waals surface area contributed by atoms with Gasteiger partial charge in [-0.1, -0.05) is 44.2 Å². The van der Waals surface area contributed by atoms with Gasteiger partial charge in [-0.25, -0.2) is 9.78 Å². The maximum Gasteiger partial charge on any atom is 0.323 e. The third-order valence-corrected chi connectivity index (χ3v) is 6.72. The van der Waals surface area contributed by atoms with Crippen LogP contribution in [-0.2, 0) is 22.4 Å². The van der Waals surface area contributed by atoms with Gasteiger partial charge in [-0.2, -0.15) is 0 Å². The lowest BCUT2D eigenvalue weighted by atomic mass is 9.84. The normalized spacial score (nSPS) is 16.4. The molecule has 0 spiro atoms. The molecule has 194 valence electrons. The molecule has 2 heterocycles. The highest BCUT2D eigenvalue weighted by atomic mass is 16.4. The summed E-state index contributed by atoms with van der Waals surface area (Å²) in [6.07, 6.45) is 2.77. The van der Waals surface area contributed by atoms with Crippen molar-refractivity contribution in [1.82, 2.24) is 9.88 Å². The summed E-state index contributed by atoms with van der Waals surface area (Å²) < 4.78 is 5.87. The average molecular weight is 505 g/mol. The number of anilines is 2. The number of benzene rings is 2. The quantitative estimate of drug-likeness (QED) is 0.388. The van der Waals surface area contributed by atoms with Gasteiger partial charge in [0.05, 0.1) is 19.0 Å². The molecule has 4 rings (SSSR count). The second-order valence-electron chi connectivity index (χ2n) is 10.1. The number of amides is 3. The molecule has 3 N–H and O–H groups in total. The van der Waals surface area contributed by atoms with E-state index in [4.69, 9.17) is 9.52 Å². The smallest absolute Gasteiger partial charge is 0.323 e. The highest BCUT2D eigenvalue weighted by Crippen LogP contribution is 2.46. The first kappa shape index (κ1) is 25.9. The minimum absolute atomic E-state index is 0.0380. The van der Waals surface area contributed by atoms with Crippen molar-refractivity contribution >= 4 is 29.3 Å². The Bertz CT molecular complexity index is 1280. The molecule has 1 aromatic heterocycles. The van der Waals surface area contributed by atoms with Gasteiger partial charge in [-0.3, -0.25) is 9.59 Å². The van der Waals surface area contributed by atoms with E-state index in [9.17, 15) is 14.4 Å². The molecular formula is C28H32N4O5. The first-order chi connectivity index (χ1) is 17.6. The van der Waals surface area contributed by atoms with Crippen molar-refractivity contribution in [3.8, 4) is 0 Å². The Kier molecular flexibility index (Phi) is 7.61. The maximum absolute atomic E-state index is 13.3. The molecule has 9 heteroatoms. The van der Waals surface area contributed by atoms with Crippen LogP contribution in [0.3, 0.4) is 0 Å². The van der Waals surface area contributed by atoms with Crippen molar-refractivity contribution in [3.05, 3.63) is 77.5 Å². The molecule has 1 aliphatic rings. The fourth-order valence-electron chi connectivity index (χ4n) is 4.61. The number of aromatic nitrogens is 1. The van der Waals surface area contributed by atoms with Crippen molar-refractivity contribution in [2.45, 2.75) is 52.5 Å². The van der Waals surface area contributed by atoms with E-state index in [0.29, 0.717) is 23.9 Å². The van der Waals surface area contributed by atoms with E-state index in [1.807, 2.05) is 43.3 Å². The summed E-state index contributed by atoms with van der Waals surface area (Å²) in [5.41, 5.74) is 2.92. The molecule has 1 fully saturated rings. The van der Waals surface area contributed by atoms with Gasteiger partial charge in [-0.05, 0) is 48.1 Å². The van der Waals surface area contributed by atoms with Gasteiger partial charge in [0, 0.05) is 24.3 Å². The summed E-state index contributed by atoms with van der Waals surface area (Å²) in [6, 6.07) is 14.1. The summed E-state index contributed by atoms with van der Waals surface area (Å²) in [5.74, 6) is 0.000423. The fourth-order valence-corrected chi connectivity index (χ4v) is 4.61. The van der Waals surface area contributed by atoms with Crippen molar-refractivity contribution in [2.24, 2.45) is 5.41 Å². The zero-order valence-electron chi connectivity index (χ0n) is 21.3. The van der Waals surface area contributed by atoms with Crippen molar-refractivity contribution in [3.63, 3.8) is 0 Å². The van der Waals surface area contributed by atoms with Crippen LogP contribution in [0.1, 0.15) is 55.5 Å². The largest absolute Gasteiger partial charge is 0.481 e. The number of hydrogen-bond donors (Lipinski definition) is 3. The van der Waals surface area contributed by atoms with Gasteiger partial charge < -0.3 is 25.1 Å². The van der Waals surface area contributed by atoms with E-state index in [1.165, 1.54) is 0 Å². The number of aryl methyl sites for hydroxylation is 2. The highest BCUT2D eigenvalue weighted by Gasteiger charge is 2.46. The number of carboxylic acid groups (broad SMARTS) is 1. The Morgan fingerprint density at radius 2 is 1.84 bits per heavy atom. The lowest BCUT2D eigenvalue weighted by Gasteiger charge is -2.30. The van der Waals surface area contributed by atoms with Crippen molar-refractivity contribution in [1.29, 1.82) is 0 Å². The number of carboxylic acids is 1. The van der Waals surface area contributed by atoms with Crippen LogP contribution in [0.5, 0.6) is 0 Å². The Morgan fingerprint density at radius 3 is 2.54 bits per heavy atom. The molecule has 37 heavy (non-hydrogen) atoms. The van der Waals surface area contributed by atoms with E-state index < -0.39 is 5.97 Å². The molecular weight excluding hydrogens is 472 g/mol. The standard InChI is InChI=1S/C28H32N4O5/c1-18-6-4-5-7-22(18)31-27(36)30-20-10-8-19(9-11-20)16-23(33)32-15-14-28(2,3)25(32)26-29-17-21(37-26)12-13-24(34)35/h4-11,17,25H,12-16H2,1-3H3,(H,34,35)(H2,30,31,36). The van der Waals surface area contributed by atoms with Gasteiger partial charge in [0.15, 0.2) is 0 Å². The van der Waals surface area contributed by atoms with Crippen LogP contribution in [-0.4, -0.2) is 39.4 Å². The molecule has 0 bridgehead atoms. The molecule has 0 aliphatic carbocycles. The lowest BCUT2D eigenvalue weighted by Crippen LogP contribution is -2.35. The van der Waals surface area contributed by atoms with Gasteiger partial charge in [-0.15, -0.1) is 0 Å². The van der Waals surface area contributed by atoms with Crippen LogP contribution in [0.2, 0.25) is 0 Å². The number of para-hydroxylation sites is 1. The number of hydrogen-bond acceptors (Lipinski definition) is 5. The third-order valence-electron chi connectivity index (χ3n) is 6.72. The summed E-state index contributed by atoms with van der Waals surface area (Å²) in [7, 11) is 0.